The number of rotatable bonds is 12. The van der Waals surface area contributed by atoms with Crippen molar-refractivity contribution in [2.24, 2.45) is 0 Å². The van der Waals surface area contributed by atoms with Crippen LogP contribution in [0.15, 0.2) is 47.4 Å². The summed E-state index contributed by atoms with van der Waals surface area (Å²) in [6.07, 6.45) is 2.17. The van der Waals surface area contributed by atoms with Crippen molar-refractivity contribution in [3.05, 3.63) is 53.8 Å². The highest BCUT2D eigenvalue weighted by atomic mass is 35.5. The normalized spacial score (nSPS) is 11.8. The molecule has 36 heavy (non-hydrogen) atoms. The first-order chi connectivity index (χ1) is 16.7. The second-order valence-corrected chi connectivity index (χ2v) is 11.6. The van der Waals surface area contributed by atoms with Crippen LogP contribution in [0.5, 0.6) is 0 Å². The third kappa shape index (κ3) is 7.23. The molecule has 0 spiro atoms. The molecule has 0 atom stereocenters. The first-order valence-electron chi connectivity index (χ1n) is 11.8. The highest BCUT2D eigenvalue weighted by molar-refractivity contribution is 7.89. The summed E-state index contributed by atoms with van der Waals surface area (Å²) >= 11 is 1.26. The number of amides is 1. The maximum absolute atomic E-state index is 13.7. The zero-order chi connectivity index (χ0) is 25.6. The lowest BCUT2D eigenvalue weighted by molar-refractivity contribution is 0.0986. The molecule has 2 aromatic carbocycles. The molecule has 0 saturated heterocycles. The van der Waals surface area contributed by atoms with Crippen molar-refractivity contribution in [1.29, 1.82) is 0 Å². The number of carbonyl (C=O) groups is 1. The summed E-state index contributed by atoms with van der Waals surface area (Å²) in [4.78, 5) is 21.9. The standard InChI is InChI=1S/C25H33FN4O3S2.ClH/c1-5-14-29(15-6-2)35(32,33)21-11-8-19(9-12-21)24(31)30(17-7-16-28(3)4)25-27-22-13-10-20(26)18-23(22)34-25;/h8-13,18H,5-7,14-17H2,1-4H3;1H. The van der Waals surface area contributed by atoms with Crippen molar-refractivity contribution in [2.45, 2.75) is 38.0 Å². The molecule has 0 unspecified atom stereocenters. The molecule has 0 aliphatic rings. The summed E-state index contributed by atoms with van der Waals surface area (Å²) in [6.45, 7) is 6.01. The van der Waals surface area contributed by atoms with Gasteiger partial charge in [0.25, 0.3) is 5.91 Å². The lowest BCUT2D eigenvalue weighted by atomic mass is 10.2. The minimum atomic E-state index is -3.63. The van der Waals surface area contributed by atoms with Crippen molar-refractivity contribution in [1.82, 2.24) is 14.2 Å². The zero-order valence-corrected chi connectivity index (χ0v) is 23.6. The number of carbonyl (C=O) groups excluding carboxylic acids is 1. The minimum Gasteiger partial charge on any atom is -0.309 e. The maximum Gasteiger partial charge on any atom is 0.260 e. The Labute approximate surface area is 223 Å². The fourth-order valence-electron chi connectivity index (χ4n) is 3.76. The van der Waals surface area contributed by atoms with E-state index in [1.54, 1.807) is 23.1 Å². The molecule has 0 aliphatic heterocycles. The van der Waals surface area contributed by atoms with Gasteiger partial charge in [-0.2, -0.15) is 4.31 Å². The third-order valence-electron chi connectivity index (χ3n) is 5.49. The number of nitrogens with zero attached hydrogens (tertiary/aromatic N) is 4. The van der Waals surface area contributed by atoms with Crippen LogP contribution in [0.2, 0.25) is 0 Å². The molecule has 0 N–H and O–H groups in total. The molecule has 3 aromatic rings. The predicted octanol–water partition coefficient (Wildman–Crippen LogP) is 5.27. The number of benzene rings is 2. The van der Waals surface area contributed by atoms with Crippen LogP contribution in [0.1, 0.15) is 43.5 Å². The van der Waals surface area contributed by atoms with Crippen LogP contribution < -0.4 is 4.90 Å². The number of halogens is 2. The van der Waals surface area contributed by atoms with Gasteiger partial charge in [0.2, 0.25) is 10.0 Å². The van der Waals surface area contributed by atoms with Gasteiger partial charge in [-0.25, -0.2) is 17.8 Å². The number of anilines is 1. The fourth-order valence-corrected chi connectivity index (χ4v) is 6.40. The molecule has 3 rings (SSSR count). The fraction of sp³-hybridized carbons (Fsp3) is 0.440. The molecule has 0 fully saturated rings. The second kappa shape index (κ2) is 13.4. The monoisotopic (exact) mass is 556 g/mol. The van der Waals surface area contributed by atoms with E-state index in [9.17, 15) is 17.6 Å². The Balaban J connectivity index is 0.00000456. The third-order valence-corrected chi connectivity index (χ3v) is 8.44. The molecule has 1 amide bonds. The van der Waals surface area contributed by atoms with Crippen LogP contribution in [-0.4, -0.2) is 68.8 Å². The maximum atomic E-state index is 13.7. The molecule has 198 valence electrons. The van der Waals surface area contributed by atoms with Crippen LogP contribution in [0.3, 0.4) is 0 Å². The van der Waals surface area contributed by atoms with E-state index in [0.717, 1.165) is 25.8 Å². The molecule has 0 radical (unpaired) electrons. The first-order valence-corrected chi connectivity index (χ1v) is 14.1. The Hall–Kier alpha value is -2.11. The van der Waals surface area contributed by atoms with Gasteiger partial charge in [-0.1, -0.05) is 25.2 Å². The van der Waals surface area contributed by atoms with Crippen LogP contribution in [-0.2, 0) is 10.0 Å². The van der Waals surface area contributed by atoms with Crippen LogP contribution >= 0.6 is 23.7 Å². The van der Waals surface area contributed by atoms with Crippen molar-refractivity contribution >= 4 is 55.0 Å². The van der Waals surface area contributed by atoms with Gasteiger partial charge in [0.15, 0.2) is 5.13 Å². The van der Waals surface area contributed by atoms with E-state index in [1.165, 1.54) is 39.9 Å². The average Bonchev–Trinajstić information content (AvgIpc) is 3.24. The lowest BCUT2D eigenvalue weighted by Crippen LogP contribution is -2.34. The van der Waals surface area contributed by atoms with Crippen LogP contribution in [0, 0.1) is 5.82 Å². The first kappa shape index (κ1) is 30.1. The molecule has 0 saturated carbocycles. The van der Waals surface area contributed by atoms with E-state index in [0.29, 0.717) is 40.5 Å². The highest BCUT2D eigenvalue weighted by Crippen LogP contribution is 2.30. The van der Waals surface area contributed by atoms with Gasteiger partial charge in [-0.15, -0.1) is 12.4 Å². The van der Waals surface area contributed by atoms with E-state index in [1.807, 2.05) is 32.8 Å². The summed E-state index contributed by atoms with van der Waals surface area (Å²) in [6, 6.07) is 10.5. The molecule has 11 heteroatoms. The zero-order valence-electron chi connectivity index (χ0n) is 21.1. The summed E-state index contributed by atoms with van der Waals surface area (Å²) in [5.74, 6) is -0.624. The topological polar surface area (TPSA) is 73.8 Å². The summed E-state index contributed by atoms with van der Waals surface area (Å²) in [5.41, 5.74) is 1.00. The van der Waals surface area contributed by atoms with Gasteiger partial charge < -0.3 is 4.90 Å². The Bertz CT molecular complexity index is 1240. The number of hydrogen-bond acceptors (Lipinski definition) is 6. The quantitative estimate of drug-likeness (QED) is 0.304. The van der Waals surface area contributed by atoms with E-state index >= 15 is 0 Å². The number of thiazole rings is 1. The van der Waals surface area contributed by atoms with E-state index in [-0.39, 0.29) is 29.0 Å². The van der Waals surface area contributed by atoms with Crippen molar-refractivity contribution in [3.63, 3.8) is 0 Å². The Kier molecular flexibility index (Phi) is 11.2. The second-order valence-electron chi connectivity index (χ2n) is 8.65. The van der Waals surface area contributed by atoms with Crippen LogP contribution in [0.25, 0.3) is 10.2 Å². The summed E-state index contributed by atoms with van der Waals surface area (Å²) < 4.78 is 42.0. The van der Waals surface area contributed by atoms with Gasteiger partial charge in [0.1, 0.15) is 5.82 Å². The Morgan fingerprint density at radius 1 is 0.972 bits per heavy atom. The molecule has 1 heterocycles. The number of aromatic nitrogens is 1. The predicted molar refractivity (Wildman–Crippen MR) is 147 cm³/mol. The van der Waals surface area contributed by atoms with Crippen molar-refractivity contribution in [3.8, 4) is 0 Å². The summed E-state index contributed by atoms with van der Waals surface area (Å²) in [5, 5.41) is 0.489. The molecule has 0 bridgehead atoms. The Morgan fingerprint density at radius 2 is 1.61 bits per heavy atom. The largest absolute Gasteiger partial charge is 0.309 e. The van der Waals surface area contributed by atoms with Gasteiger partial charge >= 0.3 is 0 Å². The summed E-state index contributed by atoms with van der Waals surface area (Å²) in [7, 11) is 0.301. The van der Waals surface area contributed by atoms with Crippen molar-refractivity contribution in [2.75, 3.05) is 45.2 Å². The van der Waals surface area contributed by atoms with Gasteiger partial charge in [0.05, 0.1) is 15.1 Å². The molecule has 0 aliphatic carbocycles. The smallest absolute Gasteiger partial charge is 0.260 e. The highest BCUT2D eigenvalue weighted by Gasteiger charge is 2.25. The molecule has 1 aromatic heterocycles. The van der Waals surface area contributed by atoms with Crippen molar-refractivity contribution < 1.29 is 17.6 Å². The number of hydrogen-bond donors (Lipinski definition) is 0. The van der Waals surface area contributed by atoms with Gasteiger partial charge in [0, 0.05) is 25.2 Å². The van der Waals surface area contributed by atoms with E-state index < -0.39 is 10.0 Å². The minimum absolute atomic E-state index is 0. The van der Waals surface area contributed by atoms with E-state index in [4.69, 9.17) is 0 Å². The Morgan fingerprint density at radius 3 is 2.19 bits per heavy atom. The van der Waals surface area contributed by atoms with Gasteiger partial charge in [-0.05, 0) is 82.4 Å². The average molecular weight is 557 g/mol. The molecule has 7 nitrogen and oxygen atoms in total. The molecular formula is C25H34ClFN4O3S2. The van der Waals surface area contributed by atoms with E-state index in [2.05, 4.69) is 4.98 Å². The van der Waals surface area contributed by atoms with Crippen LogP contribution in [0.4, 0.5) is 9.52 Å². The SMILES string of the molecule is CCCN(CCC)S(=O)(=O)c1ccc(C(=O)N(CCCN(C)C)c2nc3ccc(F)cc3s2)cc1.Cl. The lowest BCUT2D eigenvalue weighted by Gasteiger charge is -2.22. The number of sulfonamides is 1. The van der Waals surface area contributed by atoms with Gasteiger partial charge in [-0.3, -0.25) is 9.69 Å². The number of fused-ring (bicyclic) bond motifs is 1. The molecular weight excluding hydrogens is 523 g/mol.